The van der Waals surface area contributed by atoms with Crippen LogP contribution in [0.2, 0.25) is 10.2 Å². The van der Waals surface area contributed by atoms with E-state index in [1.54, 1.807) is 0 Å². The monoisotopic (exact) mass is 351 g/mol. The van der Waals surface area contributed by atoms with Gasteiger partial charge in [-0.15, -0.1) is 0 Å². The number of halogens is 2. The second-order valence-corrected chi connectivity index (χ2v) is 7.66. The van der Waals surface area contributed by atoms with Crippen molar-refractivity contribution in [3.8, 4) is 0 Å². The smallest absolute Gasteiger partial charge is 0.242 e. The Morgan fingerprint density at radius 1 is 1.38 bits per heavy atom. The molecule has 118 valence electrons. The lowest BCUT2D eigenvalue weighted by molar-refractivity contribution is 0.208. The zero-order valence-corrected chi connectivity index (χ0v) is 14.2. The quantitative estimate of drug-likeness (QED) is 0.828. The summed E-state index contributed by atoms with van der Waals surface area (Å²) in [5, 5.41) is 0.237. The van der Waals surface area contributed by atoms with Crippen LogP contribution in [0.4, 0.5) is 0 Å². The van der Waals surface area contributed by atoms with Crippen molar-refractivity contribution in [2.75, 3.05) is 19.6 Å². The van der Waals surface area contributed by atoms with E-state index in [0.717, 1.165) is 38.9 Å². The van der Waals surface area contributed by atoms with Gasteiger partial charge in [0.15, 0.2) is 0 Å². The highest BCUT2D eigenvalue weighted by Gasteiger charge is 2.25. The third-order valence-electron chi connectivity index (χ3n) is 3.53. The van der Waals surface area contributed by atoms with Gasteiger partial charge in [-0.3, -0.25) is 0 Å². The van der Waals surface area contributed by atoms with Gasteiger partial charge >= 0.3 is 0 Å². The van der Waals surface area contributed by atoms with Gasteiger partial charge < -0.3 is 4.90 Å². The van der Waals surface area contributed by atoms with Crippen LogP contribution in [0.3, 0.4) is 0 Å². The Hall–Kier alpha value is -0.400. The fourth-order valence-electron chi connectivity index (χ4n) is 2.43. The van der Waals surface area contributed by atoms with E-state index in [4.69, 9.17) is 23.2 Å². The molecule has 0 bridgehead atoms. The summed E-state index contributed by atoms with van der Waals surface area (Å²) in [6.45, 7) is 5.05. The first-order valence-corrected chi connectivity index (χ1v) is 9.22. The molecule has 0 aromatic carbocycles. The summed E-state index contributed by atoms with van der Waals surface area (Å²) < 4.78 is 27.3. The zero-order chi connectivity index (χ0) is 15.5. The molecule has 2 heterocycles. The van der Waals surface area contributed by atoms with Gasteiger partial charge in [0.2, 0.25) is 10.0 Å². The Morgan fingerprint density at radius 2 is 2.05 bits per heavy atom. The number of nitrogens with zero attached hydrogens (tertiary/aromatic N) is 2. The van der Waals surface area contributed by atoms with E-state index in [-0.39, 0.29) is 21.1 Å². The fourth-order valence-corrected chi connectivity index (χ4v) is 4.04. The van der Waals surface area contributed by atoms with Crippen LogP contribution in [0.25, 0.3) is 0 Å². The minimum absolute atomic E-state index is 0.0439. The van der Waals surface area contributed by atoms with Crippen LogP contribution >= 0.6 is 23.2 Å². The van der Waals surface area contributed by atoms with Crippen molar-refractivity contribution < 1.29 is 8.42 Å². The highest BCUT2D eigenvalue weighted by atomic mass is 35.5. The van der Waals surface area contributed by atoms with Gasteiger partial charge in [0, 0.05) is 12.2 Å². The van der Waals surface area contributed by atoms with Gasteiger partial charge in [0.1, 0.15) is 10.0 Å². The van der Waals surface area contributed by atoms with Crippen LogP contribution in [-0.4, -0.2) is 44.0 Å². The van der Waals surface area contributed by atoms with E-state index >= 15 is 0 Å². The molecule has 1 N–H and O–H groups in total. The number of aromatic nitrogens is 1. The fraction of sp³-hybridized carbons (Fsp3) is 0.615. The topological polar surface area (TPSA) is 62.3 Å². The third kappa shape index (κ3) is 4.53. The van der Waals surface area contributed by atoms with Crippen LogP contribution in [0, 0.1) is 0 Å². The maximum atomic E-state index is 12.3. The summed E-state index contributed by atoms with van der Waals surface area (Å²) in [5.41, 5.74) is 0. The van der Waals surface area contributed by atoms with E-state index in [2.05, 4.69) is 21.5 Å². The number of rotatable bonds is 5. The first kappa shape index (κ1) is 17.0. The SMILES string of the molecule is CCCN1CCC(NS(=O)(=O)c2cnc(Cl)c(Cl)c2)CC1. The summed E-state index contributed by atoms with van der Waals surface area (Å²) in [6, 6.07) is 1.28. The van der Waals surface area contributed by atoms with Gasteiger partial charge in [0.05, 0.1) is 5.02 Å². The minimum atomic E-state index is -3.60. The highest BCUT2D eigenvalue weighted by Crippen LogP contribution is 2.23. The maximum absolute atomic E-state index is 12.3. The summed E-state index contributed by atoms with van der Waals surface area (Å²) >= 11 is 11.5. The lowest BCUT2D eigenvalue weighted by Crippen LogP contribution is -2.44. The molecule has 0 atom stereocenters. The molecule has 1 aromatic heterocycles. The molecule has 1 aromatic rings. The van der Waals surface area contributed by atoms with Crippen LogP contribution in [-0.2, 0) is 10.0 Å². The predicted molar refractivity (Wildman–Crippen MR) is 84.3 cm³/mol. The second kappa shape index (κ2) is 7.24. The lowest BCUT2D eigenvalue weighted by atomic mass is 10.1. The van der Waals surface area contributed by atoms with Gasteiger partial charge in [-0.1, -0.05) is 30.1 Å². The van der Waals surface area contributed by atoms with Crippen molar-refractivity contribution in [1.29, 1.82) is 0 Å². The Balaban J connectivity index is 2.00. The first-order valence-electron chi connectivity index (χ1n) is 6.98. The van der Waals surface area contributed by atoms with Gasteiger partial charge in [-0.2, -0.15) is 0 Å². The third-order valence-corrected chi connectivity index (χ3v) is 5.70. The Kier molecular flexibility index (Phi) is 5.85. The molecular formula is C13H19Cl2N3O2S. The van der Waals surface area contributed by atoms with Crippen molar-refractivity contribution in [3.63, 3.8) is 0 Å². The summed E-state index contributed by atoms with van der Waals surface area (Å²) in [4.78, 5) is 6.18. The normalized spacial score (nSPS) is 18.0. The molecule has 21 heavy (non-hydrogen) atoms. The number of pyridine rings is 1. The van der Waals surface area contributed by atoms with Crippen molar-refractivity contribution in [3.05, 3.63) is 22.4 Å². The number of likely N-dealkylation sites (tertiary alicyclic amines) is 1. The Morgan fingerprint density at radius 3 is 2.62 bits per heavy atom. The molecule has 5 nitrogen and oxygen atoms in total. The van der Waals surface area contributed by atoms with E-state index in [9.17, 15) is 8.42 Å². The van der Waals surface area contributed by atoms with E-state index < -0.39 is 10.0 Å². The highest BCUT2D eigenvalue weighted by molar-refractivity contribution is 7.89. The molecule has 0 radical (unpaired) electrons. The number of piperidine rings is 1. The average molecular weight is 352 g/mol. The molecule has 1 aliphatic heterocycles. The van der Waals surface area contributed by atoms with Crippen LogP contribution < -0.4 is 4.72 Å². The van der Waals surface area contributed by atoms with Gasteiger partial charge in [0.25, 0.3) is 0 Å². The van der Waals surface area contributed by atoms with Crippen molar-refractivity contribution in [2.24, 2.45) is 0 Å². The van der Waals surface area contributed by atoms with E-state index in [0.29, 0.717) is 0 Å². The summed E-state index contributed by atoms with van der Waals surface area (Å²) in [5.74, 6) is 0. The molecule has 0 amide bonds. The molecule has 0 aliphatic carbocycles. The van der Waals surface area contributed by atoms with E-state index in [1.165, 1.54) is 12.3 Å². The van der Waals surface area contributed by atoms with E-state index in [1.807, 2.05) is 0 Å². The molecule has 1 saturated heterocycles. The van der Waals surface area contributed by atoms with Crippen molar-refractivity contribution >= 4 is 33.2 Å². The van der Waals surface area contributed by atoms with Crippen molar-refractivity contribution in [1.82, 2.24) is 14.6 Å². The molecule has 0 spiro atoms. The summed E-state index contributed by atoms with van der Waals surface area (Å²) in [6.07, 6.45) is 3.97. The molecule has 1 aliphatic rings. The van der Waals surface area contributed by atoms with Crippen LogP contribution in [0.5, 0.6) is 0 Å². The standard InChI is InChI=1S/C13H19Cl2N3O2S/c1-2-5-18-6-3-10(4-7-18)17-21(19,20)11-8-12(14)13(15)16-9-11/h8-10,17H,2-7H2,1H3. The Bertz CT molecular complexity index is 587. The first-order chi connectivity index (χ1) is 9.92. The number of hydrogen-bond acceptors (Lipinski definition) is 4. The molecular weight excluding hydrogens is 333 g/mol. The zero-order valence-electron chi connectivity index (χ0n) is 11.8. The van der Waals surface area contributed by atoms with Crippen molar-refractivity contribution in [2.45, 2.75) is 37.1 Å². The lowest BCUT2D eigenvalue weighted by Gasteiger charge is -2.31. The van der Waals surface area contributed by atoms with Gasteiger partial charge in [-0.05, 0) is 45.0 Å². The number of sulfonamides is 1. The molecule has 1 fully saturated rings. The molecule has 2 rings (SSSR count). The molecule has 8 heteroatoms. The predicted octanol–water partition coefficient (Wildman–Crippen LogP) is 2.54. The molecule has 0 saturated carbocycles. The average Bonchev–Trinajstić information content (AvgIpc) is 2.44. The maximum Gasteiger partial charge on any atom is 0.242 e. The second-order valence-electron chi connectivity index (χ2n) is 5.18. The number of hydrogen-bond donors (Lipinski definition) is 1. The van der Waals surface area contributed by atoms with Crippen LogP contribution in [0.15, 0.2) is 17.2 Å². The Labute approximate surface area is 135 Å². The minimum Gasteiger partial charge on any atom is -0.303 e. The largest absolute Gasteiger partial charge is 0.303 e. The number of nitrogens with one attached hydrogen (secondary N) is 1. The molecule has 0 unspecified atom stereocenters. The summed E-state index contributed by atoms with van der Waals surface area (Å²) in [7, 11) is -3.60. The van der Waals surface area contributed by atoms with Crippen LogP contribution in [0.1, 0.15) is 26.2 Å². The van der Waals surface area contributed by atoms with Gasteiger partial charge in [-0.25, -0.2) is 18.1 Å².